The predicted octanol–water partition coefficient (Wildman–Crippen LogP) is 1.70. The van der Waals surface area contributed by atoms with Crippen molar-refractivity contribution in [2.24, 2.45) is 5.92 Å². The molecule has 1 aromatic heterocycles. The molecule has 1 heterocycles. The van der Waals surface area contributed by atoms with Crippen molar-refractivity contribution in [1.29, 1.82) is 0 Å². The Morgan fingerprint density at radius 2 is 2.39 bits per heavy atom. The van der Waals surface area contributed by atoms with Gasteiger partial charge in [-0.1, -0.05) is 0 Å². The first-order valence-corrected chi connectivity index (χ1v) is 5.94. The molecule has 0 saturated heterocycles. The number of hydrogen-bond donors (Lipinski definition) is 0. The standard InChI is InChI=1S/C11H15N3O4/c1-2-18-11(15)5-8-3-9(4-8)13-7-10(6-12-13)14(16)17/h6-9H,2-5H2,1H3/t8-,9+. The number of nitrogens with zero attached hydrogens (tertiary/aromatic N) is 3. The topological polar surface area (TPSA) is 87.3 Å². The second-order valence-electron chi connectivity index (χ2n) is 4.44. The van der Waals surface area contributed by atoms with E-state index in [1.165, 1.54) is 12.4 Å². The van der Waals surface area contributed by atoms with E-state index in [2.05, 4.69) is 5.10 Å². The zero-order valence-corrected chi connectivity index (χ0v) is 10.1. The van der Waals surface area contributed by atoms with E-state index in [0.717, 1.165) is 12.8 Å². The summed E-state index contributed by atoms with van der Waals surface area (Å²) in [6.45, 7) is 2.19. The van der Waals surface area contributed by atoms with Crippen molar-refractivity contribution >= 4 is 11.7 Å². The van der Waals surface area contributed by atoms with E-state index in [9.17, 15) is 14.9 Å². The van der Waals surface area contributed by atoms with E-state index in [0.29, 0.717) is 18.9 Å². The first-order chi connectivity index (χ1) is 8.60. The first-order valence-electron chi connectivity index (χ1n) is 5.94. The fourth-order valence-electron chi connectivity index (χ4n) is 2.16. The molecule has 1 aromatic rings. The molecule has 0 aliphatic heterocycles. The van der Waals surface area contributed by atoms with E-state index in [1.807, 2.05) is 0 Å². The summed E-state index contributed by atoms with van der Waals surface area (Å²) in [6.07, 6.45) is 4.74. The molecule has 0 N–H and O–H groups in total. The number of carbonyl (C=O) groups excluding carboxylic acids is 1. The van der Waals surface area contributed by atoms with Crippen LogP contribution >= 0.6 is 0 Å². The average molecular weight is 253 g/mol. The Morgan fingerprint density at radius 3 is 2.94 bits per heavy atom. The van der Waals surface area contributed by atoms with Crippen molar-refractivity contribution in [1.82, 2.24) is 9.78 Å². The number of ether oxygens (including phenoxy) is 1. The highest BCUT2D eigenvalue weighted by atomic mass is 16.6. The van der Waals surface area contributed by atoms with Gasteiger partial charge in [0.15, 0.2) is 0 Å². The molecular weight excluding hydrogens is 238 g/mol. The summed E-state index contributed by atoms with van der Waals surface area (Å²) in [6, 6.07) is 0.165. The lowest BCUT2D eigenvalue weighted by atomic mass is 9.78. The molecule has 0 radical (unpaired) electrons. The van der Waals surface area contributed by atoms with Crippen LogP contribution in [0.1, 0.15) is 32.2 Å². The number of carbonyl (C=O) groups is 1. The van der Waals surface area contributed by atoms with Gasteiger partial charge in [0, 0.05) is 6.42 Å². The van der Waals surface area contributed by atoms with Gasteiger partial charge in [-0.05, 0) is 25.7 Å². The minimum absolute atomic E-state index is 0.00356. The molecule has 0 amide bonds. The number of nitro groups is 1. The Balaban J connectivity index is 1.81. The van der Waals surface area contributed by atoms with Gasteiger partial charge in [-0.2, -0.15) is 5.10 Å². The van der Waals surface area contributed by atoms with Crippen molar-refractivity contribution in [3.63, 3.8) is 0 Å². The van der Waals surface area contributed by atoms with Gasteiger partial charge in [0.1, 0.15) is 12.4 Å². The summed E-state index contributed by atoms with van der Waals surface area (Å²) >= 11 is 0. The first kappa shape index (κ1) is 12.5. The minimum atomic E-state index is -0.460. The highest BCUT2D eigenvalue weighted by Gasteiger charge is 2.33. The molecule has 1 fully saturated rings. The highest BCUT2D eigenvalue weighted by molar-refractivity contribution is 5.69. The second kappa shape index (κ2) is 5.16. The third kappa shape index (κ3) is 2.66. The van der Waals surface area contributed by atoms with Crippen LogP contribution in [0.15, 0.2) is 12.4 Å². The summed E-state index contributed by atoms with van der Waals surface area (Å²) < 4.78 is 6.48. The summed E-state index contributed by atoms with van der Waals surface area (Å²) in [5.41, 5.74) is 0.00356. The van der Waals surface area contributed by atoms with E-state index < -0.39 is 4.92 Å². The van der Waals surface area contributed by atoms with E-state index in [4.69, 9.17) is 4.74 Å². The van der Waals surface area contributed by atoms with Crippen molar-refractivity contribution in [3.05, 3.63) is 22.5 Å². The van der Waals surface area contributed by atoms with E-state index in [-0.39, 0.29) is 17.7 Å². The fourth-order valence-corrected chi connectivity index (χ4v) is 2.16. The van der Waals surface area contributed by atoms with Crippen LogP contribution in [0.5, 0.6) is 0 Å². The van der Waals surface area contributed by atoms with Gasteiger partial charge in [0.05, 0.1) is 17.6 Å². The van der Waals surface area contributed by atoms with Crippen LogP contribution in [0.2, 0.25) is 0 Å². The molecule has 1 aliphatic rings. The number of esters is 1. The van der Waals surface area contributed by atoms with Gasteiger partial charge in [-0.3, -0.25) is 19.6 Å². The number of aromatic nitrogens is 2. The van der Waals surface area contributed by atoms with Gasteiger partial charge in [0.25, 0.3) is 0 Å². The molecule has 0 aromatic carbocycles. The molecule has 7 heteroatoms. The monoisotopic (exact) mass is 253 g/mol. The van der Waals surface area contributed by atoms with Crippen LogP contribution in [0, 0.1) is 16.0 Å². The lowest BCUT2D eigenvalue weighted by Gasteiger charge is -2.34. The van der Waals surface area contributed by atoms with Crippen molar-refractivity contribution in [3.8, 4) is 0 Å². The van der Waals surface area contributed by atoms with Crippen LogP contribution in [0.25, 0.3) is 0 Å². The maximum absolute atomic E-state index is 11.2. The Morgan fingerprint density at radius 1 is 1.67 bits per heavy atom. The predicted molar refractivity (Wildman–Crippen MR) is 61.9 cm³/mol. The van der Waals surface area contributed by atoms with Gasteiger partial charge >= 0.3 is 11.7 Å². The Kier molecular flexibility index (Phi) is 3.59. The average Bonchev–Trinajstić information content (AvgIpc) is 2.72. The van der Waals surface area contributed by atoms with Gasteiger partial charge in [0.2, 0.25) is 0 Å². The third-order valence-electron chi connectivity index (χ3n) is 3.14. The molecule has 0 spiro atoms. The molecule has 0 unspecified atom stereocenters. The van der Waals surface area contributed by atoms with Crippen LogP contribution in [-0.2, 0) is 9.53 Å². The molecule has 98 valence electrons. The zero-order valence-electron chi connectivity index (χ0n) is 10.1. The van der Waals surface area contributed by atoms with E-state index in [1.54, 1.807) is 11.6 Å². The molecule has 1 aliphatic carbocycles. The maximum Gasteiger partial charge on any atom is 0.307 e. The van der Waals surface area contributed by atoms with Crippen LogP contribution in [0.4, 0.5) is 5.69 Å². The third-order valence-corrected chi connectivity index (χ3v) is 3.14. The minimum Gasteiger partial charge on any atom is -0.466 e. The van der Waals surface area contributed by atoms with Crippen LogP contribution in [-0.4, -0.2) is 27.3 Å². The molecule has 7 nitrogen and oxygen atoms in total. The van der Waals surface area contributed by atoms with E-state index >= 15 is 0 Å². The van der Waals surface area contributed by atoms with Gasteiger partial charge < -0.3 is 4.74 Å². The van der Waals surface area contributed by atoms with Gasteiger partial charge in [-0.15, -0.1) is 0 Å². The lowest BCUT2D eigenvalue weighted by molar-refractivity contribution is -0.385. The summed E-state index contributed by atoms with van der Waals surface area (Å²) in [5.74, 6) is 0.129. The highest BCUT2D eigenvalue weighted by Crippen LogP contribution is 2.39. The fraction of sp³-hybridized carbons (Fsp3) is 0.636. The Labute approximate surface area is 104 Å². The number of rotatable bonds is 5. The molecule has 1 saturated carbocycles. The largest absolute Gasteiger partial charge is 0.466 e. The van der Waals surface area contributed by atoms with Crippen molar-refractivity contribution < 1.29 is 14.5 Å². The SMILES string of the molecule is CCOC(=O)C[C@H]1C[C@@H](n2cc([N+](=O)[O-])cn2)C1. The molecule has 0 bridgehead atoms. The van der Waals surface area contributed by atoms with Crippen molar-refractivity contribution in [2.45, 2.75) is 32.2 Å². The maximum atomic E-state index is 11.2. The van der Waals surface area contributed by atoms with Crippen LogP contribution < -0.4 is 0 Å². The smallest absolute Gasteiger partial charge is 0.307 e. The number of hydrogen-bond acceptors (Lipinski definition) is 5. The molecule has 0 atom stereocenters. The normalized spacial score (nSPS) is 22.3. The lowest BCUT2D eigenvalue weighted by Crippen LogP contribution is -2.29. The van der Waals surface area contributed by atoms with Crippen LogP contribution in [0.3, 0.4) is 0 Å². The summed E-state index contributed by atoms with van der Waals surface area (Å²) in [7, 11) is 0. The zero-order chi connectivity index (χ0) is 13.1. The van der Waals surface area contributed by atoms with Gasteiger partial charge in [-0.25, -0.2) is 0 Å². The Hall–Kier alpha value is -1.92. The summed E-state index contributed by atoms with van der Waals surface area (Å²) in [4.78, 5) is 21.3. The molecule has 2 rings (SSSR count). The van der Waals surface area contributed by atoms with Crippen molar-refractivity contribution in [2.75, 3.05) is 6.61 Å². The molecule has 18 heavy (non-hydrogen) atoms. The molecular formula is C11H15N3O4. The summed E-state index contributed by atoms with van der Waals surface area (Å²) in [5, 5.41) is 14.5. The quantitative estimate of drug-likeness (QED) is 0.452. The Bertz CT molecular complexity index is 451. The second-order valence-corrected chi connectivity index (χ2v) is 4.44.